The molecule has 2 aromatic carbocycles. The number of piperazine rings is 1. The Balaban J connectivity index is 1.42. The molecule has 1 amide bonds. The molecule has 3 aromatic rings. The largest absolute Gasteiger partial charge is 0.340 e. The maximum absolute atomic E-state index is 12.8. The summed E-state index contributed by atoms with van der Waals surface area (Å²) < 4.78 is 1.13. The van der Waals surface area contributed by atoms with Gasteiger partial charge in [0.15, 0.2) is 0 Å². The molecule has 0 atom stereocenters. The average Bonchev–Trinajstić information content (AvgIpc) is 2.75. The monoisotopic (exact) mass is 513 g/mol. The van der Waals surface area contributed by atoms with Gasteiger partial charge in [0, 0.05) is 52.8 Å². The molecule has 2 heterocycles. The third-order valence-electron chi connectivity index (χ3n) is 5.11. The Morgan fingerprint density at radius 2 is 1.60 bits per heavy atom. The number of hydrogen-bond donors (Lipinski definition) is 1. The van der Waals surface area contributed by atoms with Gasteiger partial charge in [-0.1, -0.05) is 17.7 Å². The van der Waals surface area contributed by atoms with Crippen LogP contribution in [-0.2, 0) is 0 Å². The van der Waals surface area contributed by atoms with Crippen LogP contribution in [0.3, 0.4) is 0 Å². The standard InChI is InChI=1S/C23H24IN5O/c1-16-3-9-20(10-4-16)26-21-15-17(2)25-23(27-21)29-13-11-28(12-14-29)22(30)18-5-7-19(24)8-6-18/h3-10,15H,11-14H2,1-2H3,(H,25,26,27). The Kier molecular flexibility index (Phi) is 6.17. The number of amides is 1. The van der Waals surface area contributed by atoms with Crippen molar-refractivity contribution in [2.45, 2.75) is 13.8 Å². The molecule has 154 valence electrons. The highest BCUT2D eigenvalue weighted by Gasteiger charge is 2.24. The van der Waals surface area contributed by atoms with E-state index in [1.165, 1.54) is 5.56 Å². The summed E-state index contributed by atoms with van der Waals surface area (Å²) >= 11 is 2.25. The smallest absolute Gasteiger partial charge is 0.253 e. The normalized spacial score (nSPS) is 14.0. The Hall–Kier alpha value is -2.68. The van der Waals surface area contributed by atoms with Crippen molar-refractivity contribution in [3.8, 4) is 0 Å². The summed E-state index contributed by atoms with van der Waals surface area (Å²) in [6.07, 6.45) is 0. The minimum atomic E-state index is 0.0814. The van der Waals surface area contributed by atoms with E-state index in [2.05, 4.69) is 56.8 Å². The lowest BCUT2D eigenvalue weighted by molar-refractivity contribution is 0.0746. The summed E-state index contributed by atoms with van der Waals surface area (Å²) in [6.45, 7) is 6.78. The van der Waals surface area contributed by atoms with Crippen LogP contribution >= 0.6 is 22.6 Å². The topological polar surface area (TPSA) is 61.4 Å². The fourth-order valence-corrected chi connectivity index (χ4v) is 3.79. The maximum atomic E-state index is 12.8. The summed E-state index contributed by atoms with van der Waals surface area (Å²) in [5.41, 5.74) is 3.86. The van der Waals surface area contributed by atoms with Crippen molar-refractivity contribution in [3.05, 3.63) is 75.0 Å². The van der Waals surface area contributed by atoms with Crippen molar-refractivity contribution in [1.82, 2.24) is 14.9 Å². The van der Waals surface area contributed by atoms with Gasteiger partial charge in [0.1, 0.15) is 5.82 Å². The van der Waals surface area contributed by atoms with E-state index in [1.807, 2.05) is 54.3 Å². The van der Waals surface area contributed by atoms with E-state index in [0.717, 1.165) is 26.3 Å². The molecule has 0 saturated carbocycles. The van der Waals surface area contributed by atoms with Crippen LogP contribution in [0.15, 0.2) is 54.6 Å². The molecule has 1 saturated heterocycles. The van der Waals surface area contributed by atoms with E-state index in [4.69, 9.17) is 4.98 Å². The van der Waals surface area contributed by atoms with Crippen LogP contribution in [0.5, 0.6) is 0 Å². The molecule has 1 N–H and O–H groups in total. The van der Waals surface area contributed by atoms with Crippen LogP contribution < -0.4 is 10.2 Å². The molecule has 1 aliphatic rings. The molecular weight excluding hydrogens is 489 g/mol. The fourth-order valence-electron chi connectivity index (χ4n) is 3.43. The van der Waals surface area contributed by atoms with Crippen LogP contribution in [-0.4, -0.2) is 47.0 Å². The summed E-state index contributed by atoms with van der Waals surface area (Å²) in [4.78, 5) is 26.1. The van der Waals surface area contributed by atoms with Gasteiger partial charge in [0.2, 0.25) is 5.95 Å². The van der Waals surface area contributed by atoms with Crippen LogP contribution in [0.25, 0.3) is 0 Å². The molecule has 0 aliphatic carbocycles. The summed E-state index contributed by atoms with van der Waals surface area (Å²) in [6, 6.07) is 17.9. The van der Waals surface area contributed by atoms with E-state index in [9.17, 15) is 4.79 Å². The number of benzene rings is 2. The molecule has 7 heteroatoms. The quantitative estimate of drug-likeness (QED) is 0.524. The third kappa shape index (κ3) is 4.89. The number of rotatable bonds is 4. The highest BCUT2D eigenvalue weighted by atomic mass is 127. The lowest BCUT2D eigenvalue weighted by atomic mass is 10.2. The van der Waals surface area contributed by atoms with Gasteiger partial charge in [0.25, 0.3) is 5.91 Å². The van der Waals surface area contributed by atoms with Crippen molar-refractivity contribution in [1.29, 1.82) is 0 Å². The summed E-state index contributed by atoms with van der Waals surface area (Å²) in [5, 5.41) is 3.36. The van der Waals surface area contributed by atoms with Gasteiger partial charge in [-0.25, -0.2) is 4.98 Å². The molecule has 0 spiro atoms. The van der Waals surface area contributed by atoms with Gasteiger partial charge < -0.3 is 15.1 Å². The van der Waals surface area contributed by atoms with Crippen LogP contribution in [0.4, 0.5) is 17.5 Å². The number of anilines is 3. The zero-order valence-corrected chi connectivity index (χ0v) is 19.3. The highest BCUT2D eigenvalue weighted by molar-refractivity contribution is 14.1. The van der Waals surface area contributed by atoms with Crippen LogP contribution in [0.1, 0.15) is 21.6 Å². The number of hydrogen-bond acceptors (Lipinski definition) is 5. The van der Waals surface area contributed by atoms with E-state index >= 15 is 0 Å². The second-order valence-electron chi connectivity index (χ2n) is 7.47. The number of halogens is 1. The van der Waals surface area contributed by atoms with E-state index < -0.39 is 0 Å². The van der Waals surface area contributed by atoms with Crippen LogP contribution in [0.2, 0.25) is 0 Å². The minimum Gasteiger partial charge on any atom is -0.340 e. The molecule has 30 heavy (non-hydrogen) atoms. The Bertz CT molecular complexity index is 1030. The number of nitrogens with zero attached hydrogens (tertiary/aromatic N) is 4. The van der Waals surface area contributed by atoms with E-state index in [0.29, 0.717) is 32.1 Å². The summed E-state index contributed by atoms with van der Waals surface area (Å²) in [5.74, 6) is 1.56. The summed E-state index contributed by atoms with van der Waals surface area (Å²) in [7, 11) is 0. The van der Waals surface area contributed by atoms with Crippen molar-refractivity contribution in [3.63, 3.8) is 0 Å². The molecule has 0 bridgehead atoms. The van der Waals surface area contributed by atoms with Crippen molar-refractivity contribution in [2.75, 3.05) is 36.4 Å². The molecule has 1 fully saturated rings. The van der Waals surface area contributed by atoms with Crippen molar-refractivity contribution < 1.29 is 4.79 Å². The lowest BCUT2D eigenvalue weighted by Crippen LogP contribution is -2.49. The number of aromatic nitrogens is 2. The predicted molar refractivity (Wildman–Crippen MR) is 129 cm³/mol. The molecule has 6 nitrogen and oxygen atoms in total. The minimum absolute atomic E-state index is 0.0814. The second-order valence-corrected chi connectivity index (χ2v) is 8.72. The Morgan fingerprint density at radius 1 is 0.933 bits per heavy atom. The first-order valence-electron chi connectivity index (χ1n) is 9.97. The fraction of sp³-hybridized carbons (Fsp3) is 0.261. The number of carbonyl (C=O) groups excluding carboxylic acids is 1. The van der Waals surface area contributed by atoms with Crippen molar-refractivity contribution in [2.24, 2.45) is 0 Å². The van der Waals surface area contributed by atoms with Gasteiger partial charge in [-0.2, -0.15) is 4.98 Å². The first kappa shape index (κ1) is 20.6. The van der Waals surface area contributed by atoms with Crippen LogP contribution in [0, 0.1) is 17.4 Å². The predicted octanol–water partition coefficient (Wildman–Crippen LogP) is 4.40. The SMILES string of the molecule is Cc1ccc(Nc2cc(C)nc(N3CCN(C(=O)c4ccc(I)cc4)CC3)n2)cc1. The van der Waals surface area contributed by atoms with Gasteiger partial charge >= 0.3 is 0 Å². The molecular formula is C23H24IN5O. The van der Waals surface area contributed by atoms with Crippen molar-refractivity contribution >= 4 is 46.0 Å². The first-order chi connectivity index (χ1) is 14.5. The van der Waals surface area contributed by atoms with E-state index in [1.54, 1.807) is 0 Å². The number of aryl methyl sites for hydroxylation is 2. The number of carbonyl (C=O) groups is 1. The van der Waals surface area contributed by atoms with E-state index in [-0.39, 0.29) is 5.91 Å². The molecule has 1 aliphatic heterocycles. The molecule has 0 unspecified atom stereocenters. The first-order valence-corrected chi connectivity index (χ1v) is 11.0. The Labute approximate surface area is 190 Å². The zero-order valence-electron chi connectivity index (χ0n) is 17.1. The molecule has 1 aromatic heterocycles. The average molecular weight is 513 g/mol. The Morgan fingerprint density at radius 3 is 2.27 bits per heavy atom. The zero-order chi connectivity index (χ0) is 21.1. The second kappa shape index (κ2) is 8.99. The van der Waals surface area contributed by atoms with Gasteiger partial charge in [0.05, 0.1) is 0 Å². The van der Waals surface area contributed by atoms with Gasteiger partial charge in [-0.05, 0) is 72.8 Å². The molecule has 4 rings (SSSR count). The third-order valence-corrected chi connectivity index (χ3v) is 5.83. The number of nitrogens with one attached hydrogen (secondary N) is 1. The van der Waals surface area contributed by atoms with Gasteiger partial charge in [-0.15, -0.1) is 0 Å². The highest BCUT2D eigenvalue weighted by Crippen LogP contribution is 2.20. The van der Waals surface area contributed by atoms with Gasteiger partial charge in [-0.3, -0.25) is 4.79 Å². The molecule has 0 radical (unpaired) electrons. The maximum Gasteiger partial charge on any atom is 0.253 e. The lowest BCUT2D eigenvalue weighted by Gasteiger charge is -2.35.